The van der Waals surface area contributed by atoms with Crippen LogP contribution in [0.15, 0.2) is 6.07 Å². The summed E-state index contributed by atoms with van der Waals surface area (Å²) in [5.74, 6) is -0.520. The van der Waals surface area contributed by atoms with Crippen molar-refractivity contribution in [3.8, 4) is 0 Å². The van der Waals surface area contributed by atoms with Crippen LogP contribution in [0.5, 0.6) is 0 Å². The Morgan fingerprint density at radius 3 is 2.68 bits per heavy atom. The average molecular weight is 264 g/mol. The van der Waals surface area contributed by atoms with Gasteiger partial charge < -0.3 is 15.5 Å². The van der Waals surface area contributed by atoms with E-state index in [1.54, 1.807) is 13.0 Å². The zero-order valence-electron chi connectivity index (χ0n) is 11.4. The molecule has 1 aliphatic carbocycles. The van der Waals surface area contributed by atoms with Gasteiger partial charge in [-0.1, -0.05) is 0 Å². The van der Waals surface area contributed by atoms with Crippen LogP contribution in [-0.4, -0.2) is 34.3 Å². The predicted octanol–water partition coefficient (Wildman–Crippen LogP) is 1.97. The van der Waals surface area contributed by atoms with E-state index in [1.165, 1.54) is 0 Å². The summed E-state index contributed by atoms with van der Waals surface area (Å²) in [6, 6.07) is 1.77. The van der Waals surface area contributed by atoms with Crippen LogP contribution in [0.25, 0.3) is 0 Å². The molecule has 1 fully saturated rings. The van der Waals surface area contributed by atoms with Gasteiger partial charge in [-0.15, -0.1) is 0 Å². The molecule has 5 heteroatoms. The van der Waals surface area contributed by atoms with Crippen molar-refractivity contribution < 1.29 is 15.0 Å². The molecule has 0 aromatic carbocycles. The number of hydrogen-bond acceptors (Lipinski definition) is 4. The lowest BCUT2D eigenvalue weighted by atomic mass is 10.0. The second-order valence-corrected chi connectivity index (χ2v) is 5.44. The molecule has 0 saturated heterocycles. The van der Waals surface area contributed by atoms with E-state index >= 15 is 0 Å². The molecule has 0 spiro atoms. The van der Waals surface area contributed by atoms with E-state index in [2.05, 4.69) is 10.3 Å². The van der Waals surface area contributed by atoms with E-state index in [-0.39, 0.29) is 17.6 Å². The smallest absolute Gasteiger partial charge is 0.339 e. The first kappa shape index (κ1) is 13.8. The number of nitrogens with zero attached hydrogens (tertiary/aromatic N) is 1. The number of pyridine rings is 1. The number of carbonyl (C=O) groups is 1. The van der Waals surface area contributed by atoms with Crippen LogP contribution >= 0.6 is 0 Å². The minimum absolute atomic E-state index is 0.129. The van der Waals surface area contributed by atoms with Crippen molar-refractivity contribution in [2.45, 2.75) is 33.1 Å². The van der Waals surface area contributed by atoms with Crippen LogP contribution in [0, 0.1) is 19.3 Å². The van der Waals surface area contributed by atoms with Crippen molar-refractivity contribution in [1.29, 1.82) is 0 Å². The normalized spacial score (nSPS) is 16.2. The van der Waals surface area contributed by atoms with Crippen LogP contribution in [0.3, 0.4) is 0 Å². The van der Waals surface area contributed by atoms with Gasteiger partial charge >= 0.3 is 5.97 Å². The molecular weight excluding hydrogens is 244 g/mol. The number of aliphatic hydroxyl groups excluding tert-OH is 1. The third-order valence-corrected chi connectivity index (χ3v) is 3.79. The monoisotopic (exact) mass is 264 g/mol. The first-order valence-electron chi connectivity index (χ1n) is 6.54. The summed E-state index contributed by atoms with van der Waals surface area (Å²) >= 11 is 0. The highest BCUT2D eigenvalue weighted by Crippen LogP contribution is 2.48. The van der Waals surface area contributed by atoms with Crippen molar-refractivity contribution in [2.24, 2.45) is 5.41 Å². The molecule has 1 aromatic rings. The Balaban J connectivity index is 2.17. The van der Waals surface area contributed by atoms with Gasteiger partial charge in [-0.2, -0.15) is 0 Å². The maximum absolute atomic E-state index is 11.3. The zero-order chi connectivity index (χ0) is 14.0. The van der Waals surface area contributed by atoms with Gasteiger partial charge in [0.1, 0.15) is 11.4 Å². The number of aryl methyl sites for hydroxylation is 2. The van der Waals surface area contributed by atoms with E-state index in [4.69, 9.17) is 5.11 Å². The molecule has 1 heterocycles. The molecule has 1 saturated carbocycles. The van der Waals surface area contributed by atoms with Crippen LogP contribution in [0.1, 0.15) is 40.9 Å². The van der Waals surface area contributed by atoms with Crippen LogP contribution in [-0.2, 0) is 0 Å². The number of aliphatic hydroxyl groups is 1. The number of carboxylic acid groups (broad SMARTS) is 1. The Bertz CT molecular complexity index is 496. The van der Waals surface area contributed by atoms with E-state index in [0.29, 0.717) is 12.4 Å². The first-order chi connectivity index (χ1) is 8.97. The molecule has 1 aliphatic rings. The molecule has 2 rings (SSSR count). The summed E-state index contributed by atoms with van der Waals surface area (Å²) in [5, 5.41) is 21.5. The molecule has 3 N–H and O–H groups in total. The Morgan fingerprint density at radius 2 is 2.16 bits per heavy atom. The summed E-state index contributed by atoms with van der Waals surface area (Å²) in [6.45, 7) is 4.48. The lowest BCUT2D eigenvalue weighted by molar-refractivity contribution is 0.0696. The highest BCUT2D eigenvalue weighted by atomic mass is 16.4. The Morgan fingerprint density at radius 1 is 1.47 bits per heavy atom. The van der Waals surface area contributed by atoms with Crippen LogP contribution < -0.4 is 5.32 Å². The maximum Gasteiger partial charge on any atom is 0.339 e. The summed E-state index contributed by atoms with van der Waals surface area (Å²) in [6.07, 6.45) is 2.91. The third-order valence-electron chi connectivity index (χ3n) is 3.79. The number of anilines is 1. The van der Waals surface area contributed by atoms with E-state index in [9.17, 15) is 9.90 Å². The maximum atomic E-state index is 11.3. The zero-order valence-corrected chi connectivity index (χ0v) is 11.4. The van der Waals surface area contributed by atoms with Crippen molar-refractivity contribution in [1.82, 2.24) is 4.98 Å². The highest BCUT2D eigenvalue weighted by Gasteiger charge is 2.41. The van der Waals surface area contributed by atoms with E-state index < -0.39 is 5.97 Å². The number of rotatable bonds is 6. The second-order valence-electron chi connectivity index (χ2n) is 5.44. The fraction of sp³-hybridized carbons (Fsp3) is 0.571. The van der Waals surface area contributed by atoms with Gasteiger partial charge in [0.2, 0.25) is 0 Å². The number of aromatic carboxylic acids is 1. The predicted molar refractivity (Wildman–Crippen MR) is 72.5 cm³/mol. The third kappa shape index (κ3) is 3.04. The standard InChI is InChI=1S/C14H20N2O3/c1-9-7-10(2)16-12(11(9)13(18)19)15-8-14(3-4-14)5-6-17/h7,17H,3-6,8H2,1-2H3,(H,15,16)(H,18,19). The Labute approximate surface area is 112 Å². The fourth-order valence-electron chi connectivity index (χ4n) is 2.44. The molecular formula is C14H20N2O3. The number of aromatic nitrogens is 1. The molecule has 19 heavy (non-hydrogen) atoms. The average Bonchev–Trinajstić information content (AvgIpc) is 3.06. The molecule has 0 atom stereocenters. The van der Waals surface area contributed by atoms with Gasteiger partial charge in [-0.25, -0.2) is 9.78 Å². The van der Waals surface area contributed by atoms with Crippen molar-refractivity contribution >= 4 is 11.8 Å². The molecule has 104 valence electrons. The SMILES string of the molecule is Cc1cc(C)c(C(=O)O)c(NCC2(CCO)CC2)n1. The van der Waals surface area contributed by atoms with Gasteiger partial charge in [0.15, 0.2) is 0 Å². The summed E-state index contributed by atoms with van der Waals surface area (Å²) < 4.78 is 0. The minimum Gasteiger partial charge on any atom is -0.478 e. The Kier molecular flexibility index (Phi) is 3.75. The number of nitrogens with one attached hydrogen (secondary N) is 1. The van der Waals surface area contributed by atoms with E-state index in [0.717, 1.165) is 30.5 Å². The highest BCUT2D eigenvalue weighted by molar-refractivity contribution is 5.94. The van der Waals surface area contributed by atoms with Gasteiger partial charge in [0.25, 0.3) is 0 Å². The number of carboxylic acids is 1. The van der Waals surface area contributed by atoms with Crippen molar-refractivity contribution in [3.05, 3.63) is 22.9 Å². The van der Waals surface area contributed by atoms with Crippen LogP contribution in [0.2, 0.25) is 0 Å². The Hall–Kier alpha value is -1.62. The molecule has 0 aliphatic heterocycles. The minimum atomic E-state index is -0.959. The first-order valence-corrected chi connectivity index (χ1v) is 6.54. The summed E-state index contributed by atoms with van der Waals surface area (Å²) in [4.78, 5) is 15.6. The van der Waals surface area contributed by atoms with E-state index in [1.807, 2.05) is 6.92 Å². The lowest BCUT2D eigenvalue weighted by Gasteiger charge is -2.17. The molecule has 1 aromatic heterocycles. The van der Waals surface area contributed by atoms with Gasteiger partial charge in [-0.3, -0.25) is 0 Å². The largest absolute Gasteiger partial charge is 0.478 e. The quantitative estimate of drug-likeness (QED) is 0.731. The lowest BCUT2D eigenvalue weighted by Crippen LogP contribution is -2.20. The molecule has 0 radical (unpaired) electrons. The van der Waals surface area contributed by atoms with Gasteiger partial charge in [-0.05, 0) is 50.2 Å². The van der Waals surface area contributed by atoms with Gasteiger partial charge in [0, 0.05) is 18.8 Å². The summed E-state index contributed by atoms with van der Waals surface area (Å²) in [5.41, 5.74) is 1.89. The van der Waals surface area contributed by atoms with Crippen molar-refractivity contribution in [2.75, 3.05) is 18.5 Å². The fourth-order valence-corrected chi connectivity index (χ4v) is 2.44. The number of hydrogen-bond donors (Lipinski definition) is 3. The molecule has 0 unspecified atom stereocenters. The molecule has 0 bridgehead atoms. The topological polar surface area (TPSA) is 82.5 Å². The second kappa shape index (κ2) is 5.17. The van der Waals surface area contributed by atoms with Crippen molar-refractivity contribution in [3.63, 3.8) is 0 Å². The molecule has 0 amide bonds. The molecule has 5 nitrogen and oxygen atoms in total. The summed E-state index contributed by atoms with van der Waals surface area (Å²) in [7, 11) is 0. The van der Waals surface area contributed by atoms with Crippen LogP contribution in [0.4, 0.5) is 5.82 Å². The van der Waals surface area contributed by atoms with Gasteiger partial charge in [0.05, 0.1) is 0 Å².